The van der Waals surface area contributed by atoms with Crippen LogP contribution in [-0.2, 0) is 4.79 Å². The van der Waals surface area contributed by atoms with Crippen LogP contribution in [0.25, 0.3) is 0 Å². The molecule has 1 heterocycles. The lowest BCUT2D eigenvalue weighted by molar-refractivity contribution is -0.385. The molecule has 1 aromatic rings. The predicted molar refractivity (Wildman–Crippen MR) is 60.6 cm³/mol. The van der Waals surface area contributed by atoms with Gasteiger partial charge in [0.15, 0.2) is 0 Å². The van der Waals surface area contributed by atoms with Gasteiger partial charge in [-0.2, -0.15) is 4.98 Å². The number of carboxylic acid groups (broad SMARTS) is 1. The van der Waals surface area contributed by atoms with Gasteiger partial charge in [0.2, 0.25) is 5.82 Å². The number of aliphatic carboxylic acids is 1. The average molecular weight is 256 g/mol. The first kappa shape index (κ1) is 13.6. The highest BCUT2D eigenvalue weighted by Gasteiger charge is 2.32. The first-order chi connectivity index (χ1) is 8.29. The fourth-order valence-corrected chi connectivity index (χ4v) is 1.12. The number of hydrogen-bond acceptors (Lipinski definition) is 7. The number of aromatic nitrogens is 2. The lowest BCUT2D eigenvalue weighted by Gasteiger charge is -2.21. The normalized spacial score (nSPS) is 10.8. The van der Waals surface area contributed by atoms with E-state index in [1.54, 1.807) is 0 Å². The molecular formula is C9H12N4O5. The van der Waals surface area contributed by atoms with Crippen molar-refractivity contribution < 1.29 is 19.6 Å². The Morgan fingerprint density at radius 1 is 1.56 bits per heavy atom. The van der Waals surface area contributed by atoms with Gasteiger partial charge in [0, 0.05) is 0 Å². The maximum atomic E-state index is 11.0. The van der Waals surface area contributed by atoms with Crippen LogP contribution in [0.5, 0.6) is 5.88 Å². The van der Waals surface area contributed by atoms with Gasteiger partial charge in [-0.05, 0) is 13.8 Å². The van der Waals surface area contributed by atoms with Crippen LogP contribution in [0, 0.1) is 10.1 Å². The zero-order valence-electron chi connectivity index (χ0n) is 10.00. The van der Waals surface area contributed by atoms with Crippen LogP contribution < -0.4 is 10.1 Å². The lowest BCUT2D eigenvalue weighted by Crippen LogP contribution is -2.40. The third-order valence-corrected chi connectivity index (χ3v) is 2.13. The molecule has 0 saturated carbocycles. The SMILES string of the molecule is COc1ncnc(NC(C)(C)C(=O)O)c1[N+](=O)[O-]. The molecule has 0 aliphatic carbocycles. The minimum Gasteiger partial charge on any atom is -0.480 e. The molecule has 0 aliphatic rings. The Labute approximate surface area is 102 Å². The minimum atomic E-state index is -1.41. The van der Waals surface area contributed by atoms with Crippen LogP contribution in [0.4, 0.5) is 11.5 Å². The van der Waals surface area contributed by atoms with Crippen molar-refractivity contribution >= 4 is 17.5 Å². The van der Waals surface area contributed by atoms with Gasteiger partial charge in [-0.15, -0.1) is 0 Å². The van der Waals surface area contributed by atoms with E-state index in [1.807, 2.05) is 0 Å². The van der Waals surface area contributed by atoms with E-state index >= 15 is 0 Å². The van der Waals surface area contributed by atoms with Gasteiger partial charge < -0.3 is 15.2 Å². The summed E-state index contributed by atoms with van der Waals surface area (Å²) in [6, 6.07) is 0. The molecule has 0 fully saturated rings. The van der Waals surface area contributed by atoms with E-state index in [1.165, 1.54) is 21.0 Å². The highest BCUT2D eigenvalue weighted by molar-refractivity contribution is 5.82. The summed E-state index contributed by atoms with van der Waals surface area (Å²) in [6.07, 6.45) is 1.05. The van der Waals surface area contributed by atoms with Gasteiger partial charge in [-0.1, -0.05) is 0 Å². The molecule has 18 heavy (non-hydrogen) atoms. The minimum absolute atomic E-state index is 0.209. The number of nitro groups is 1. The van der Waals surface area contributed by atoms with Crippen LogP contribution in [0.2, 0.25) is 0 Å². The Morgan fingerprint density at radius 2 is 2.17 bits per heavy atom. The summed E-state index contributed by atoms with van der Waals surface area (Å²) in [5.74, 6) is -1.62. The largest absolute Gasteiger partial charge is 0.480 e. The zero-order chi connectivity index (χ0) is 13.9. The number of anilines is 1. The summed E-state index contributed by atoms with van der Waals surface area (Å²) in [4.78, 5) is 28.4. The van der Waals surface area contributed by atoms with E-state index in [0.717, 1.165) is 6.33 Å². The van der Waals surface area contributed by atoms with Crippen LogP contribution in [-0.4, -0.2) is 38.6 Å². The Bertz CT molecular complexity index is 488. The number of nitrogens with zero attached hydrogens (tertiary/aromatic N) is 3. The van der Waals surface area contributed by atoms with Crippen molar-refractivity contribution in [2.45, 2.75) is 19.4 Å². The summed E-state index contributed by atoms with van der Waals surface area (Å²) in [5, 5.41) is 22.3. The lowest BCUT2D eigenvalue weighted by atomic mass is 10.1. The second-order valence-corrected chi connectivity index (χ2v) is 3.89. The van der Waals surface area contributed by atoms with Crippen molar-refractivity contribution in [2.24, 2.45) is 0 Å². The zero-order valence-corrected chi connectivity index (χ0v) is 10.00. The molecule has 0 saturated heterocycles. The van der Waals surface area contributed by atoms with Crippen molar-refractivity contribution in [1.82, 2.24) is 9.97 Å². The Kier molecular flexibility index (Phi) is 3.64. The molecular weight excluding hydrogens is 244 g/mol. The van der Waals surface area contributed by atoms with Crippen molar-refractivity contribution in [2.75, 3.05) is 12.4 Å². The van der Waals surface area contributed by atoms with Gasteiger partial charge in [0.1, 0.15) is 11.9 Å². The molecule has 0 atom stereocenters. The molecule has 1 rings (SSSR count). The molecule has 0 bridgehead atoms. The highest BCUT2D eigenvalue weighted by atomic mass is 16.6. The maximum absolute atomic E-state index is 11.0. The number of ether oxygens (including phenoxy) is 1. The van der Waals surface area contributed by atoms with Gasteiger partial charge in [0.25, 0.3) is 5.88 Å². The van der Waals surface area contributed by atoms with E-state index < -0.39 is 22.1 Å². The summed E-state index contributed by atoms with van der Waals surface area (Å²) in [6.45, 7) is 2.71. The topological polar surface area (TPSA) is 127 Å². The standard InChI is InChI=1S/C9H12N4O5/c1-9(2,8(14)15)12-6-5(13(16)17)7(18-3)11-4-10-6/h4H,1-3H3,(H,14,15)(H,10,11,12). The number of nitrogens with one attached hydrogen (secondary N) is 1. The molecule has 0 unspecified atom stereocenters. The first-order valence-corrected chi connectivity index (χ1v) is 4.84. The predicted octanol–water partition coefficient (Wildman–Crippen LogP) is 0.668. The van der Waals surface area contributed by atoms with Crippen molar-refractivity contribution in [3.8, 4) is 5.88 Å². The summed E-state index contributed by atoms with van der Waals surface area (Å²) in [7, 11) is 1.22. The third-order valence-electron chi connectivity index (χ3n) is 2.13. The number of carbonyl (C=O) groups is 1. The molecule has 2 N–H and O–H groups in total. The van der Waals surface area contributed by atoms with Crippen LogP contribution in [0.15, 0.2) is 6.33 Å². The quantitative estimate of drug-likeness (QED) is 0.581. The Morgan fingerprint density at radius 3 is 2.61 bits per heavy atom. The fourth-order valence-electron chi connectivity index (χ4n) is 1.12. The third kappa shape index (κ3) is 2.62. The molecule has 0 aromatic carbocycles. The van der Waals surface area contributed by atoms with Gasteiger partial charge in [-0.25, -0.2) is 9.78 Å². The summed E-state index contributed by atoms with van der Waals surface area (Å²) in [5.41, 5.74) is -1.92. The highest BCUT2D eigenvalue weighted by Crippen LogP contribution is 2.31. The van der Waals surface area contributed by atoms with E-state index in [9.17, 15) is 14.9 Å². The Balaban J connectivity index is 3.25. The van der Waals surface area contributed by atoms with E-state index in [0.29, 0.717) is 0 Å². The van der Waals surface area contributed by atoms with E-state index in [4.69, 9.17) is 9.84 Å². The molecule has 0 amide bonds. The Hall–Kier alpha value is -2.45. The molecule has 98 valence electrons. The van der Waals surface area contributed by atoms with Crippen LogP contribution in [0.1, 0.15) is 13.8 Å². The van der Waals surface area contributed by atoms with Crippen molar-refractivity contribution in [3.05, 3.63) is 16.4 Å². The fraction of sp³-hybridized carbons (Fsp3) is 0.444. The number of hydrogen-bond donors (Lipinski definition) is 2. The van der Waals surface area contributed by atoms with E-state index in [2.05, 4.69) is 15.3 Å². The first-order valence-electron chi connectivity index (χ1n) is 4.84. The monoisotopic (exact) mass is 256 g/mol. The van der Waals surface area contributed by atoms with Crippen molar-refractivity contribution in [3.63, 3.8) is 0 Å². The van der Waals surface area contributed by atoms with Crippen molar-refractivity contribution in [1.29, 1.82) is 0 Å². The second kappa shape index (κ2) is 4.82. The van der Waals surface area contributed by atoms with Crippen LogP contribution >= 0.6 is 0 Å². The maximum Gasteiger partial charge on any atom is 0.372 e. The average Bonchev–Trinajstić information content (AvgIpc) is 2.27. The van der Waals surface area contributed by atoms with Gasteiger partial charge in [-0.3, -0.25) is 10.1 Å². The number of methoxy groups -OCH3 is 1. The second-order valence-electron chi connectivity index (χ2n) is 3.89. The summed E-state index contributed by atoms with van der Waals surface area (Å²) >= 11 is 0. The summed E-state index contributed by atoms with van der Waals surface area (Å²) < 4.78 is 4.74. The van der Waals surface area contributed by atoms with Crippen LogP contribution in [0.3, 0.4) is 0 Å². The van der Waals surface area contributed by atoms with Gasteiger partial charge in [0.05, 0.1) is 12.0 Å². The molecule has 0 spiro atoms. The smallest absolute Gasteiger partial charge is 0.372 e. The molecule has 0 aliphatic heterocycles. The van der Waals surface area contributed by atoms with Gasteiger partial charge >= 0.3 is 11.7 Å². The molecule has 9 heteroatoms. The number of rotatable bonds is 5. The molecule has 1 aromatic heterocycles. The molecule has 0 radical (unpaired) electrons. The van der Waals surface area contributed by atoms with E-state index in [-0.39, 0.29) is 11.7 Å². The molecule has 9 nitrogen and oxygen atoms in total. The number of carboxylic acids is 1.